The predicted octanol–water partition coefficient (Wildman–Crippen LogP) is 2.68. The standard InChI is InChI=1S/C17H24N4O2/c1-11(2)23-9-5-8-18-15-7-6-14(10-19-15)16-20-13(4)12(3)17(22)21-16/h6-7,10-11H,5,8-9H2,1-4H3,(H,18,19)(H,20,21,22). The maximum absolute atomic E-state index is 11.8. The first-order valence-corrected chi connectivity index (χ1v) is 7.87. The van der Waals surface area contributed by atoms with Gasteiger partial charge in [0.2, 0.25) is 0 Å². The maximum Gasteiger partial charge on any atom is 0.254 e. The summed E-state index contributed by atoms with van der Waals surface area (Å²) in [7, 11) is 0. The fourth-order valence-electron chi connectivity index (χ4n) is 2.03. The highest BCUT2D eigenvalue weighted by Gasteiger charge is 2.06. The molecule has 2 N–H and O–H groups in total. The first-order valence-electron chi connectivity index (χ1n) is 7.87. The SMILES string of the molecule is Cc1nc(-c2ccc(NCCCOC(C)C)nc2)[nH]c(=O)c1C. The van der Waals surface area contributed by atoms with Crippen molar-refractivity contribution in [3.05, 3.63) is 39.9 Å². The Labute approximate surface area is 136 Å². The minimum Gasteiger partial charge on any atom is -0.379 e. The number of H-pyrrole nitrogens is 1. The van der Waals surface area contributed by atoms with Crippen molar-refractivity contribution in [2.75, 3.05) is 18.5 Å². The largest absolute Gasteiger partial charge is 0.379 e. The first-order chi connectivity index (χ1) is 11.0. The molecule has 2 aromatic rings. The average molecular weight is 316 g/mol. The monoisotopic (exact) mass is 316 g/mol. The fraction of sp³-hybridized carbons (Fsp3) is 0.471. The highest BCUT2D eigenvalue weighted by atomic mass is 16.5. The summed E-state index contributed by atoms with van der Waals surface area (Å²) in [5.41, 5.74) is 2.05. The second kappa shape index (κ2) is 7.87. The summed E-state index contributed by atoms with van der Waals surface area (Å²) in [4.78, 5) is 23.4. The minimum absolute atomic E-state index is 0.111. The Hall–Kier alpha value is -2.21. The van der Waals surface area contributed by atoms with Crippen LogP contribution in [0.5, 0.6) is 0 Å². The molecule has 0 amide bonds. The summed E-state index contributed by atoms with van der Waals surface area (Å²) in [6, 6.07) is 3.78. The summed E-state index contributed by atoms with van der Waals surface area (Å²) in [5, 5.41) is 3.25. The molecule has 0 spiro atoms. The van der Waals surface area contributed by atoms with Crippen LogP contribution in [0, 0.1) is 13.8 Å². The highest BCUT2D eigenvalue weighted by Crippen LogP contribution is 2.15. The van der Waals surface area contributed by atoms with E-state index >= 15 is 0 Å². The molecule has 0 aliphatic rings. The van der Waals surface area contributed by atoms with Crippen molar-refractivity contribution < 1.29 is 4.74 Å². The summed E-state index contributed by atoms with van der Waals surface area (Å²) in [5.74, 6) is 1.34. The van der Waals surface area contributed by atoms with Crippen molar-refractivity contribution in [3.8, 4) is 11.4 Å². The molecule has 0 atom stereocenters. The second-order valence-electron chi connectivity index (χ2n) is 5.76. The van der Waals surface area contributed by atoms with Gasteiger partial charge in [-0.15, -0.1) is 0 Å². The molecule has 124 valence electrons. The van der Waals surface area contributed by atoms with E-state index in [4.69, 9.17) is 4.74 Å². The molecule has 0 radical (unpaired) electrons. The van der Waals surface area contributed by atoms with Crippen LogP contribution in [0.3, 0.4) is 0 Å². The quantitative estimate of drug-likeness (QED) is 0.768. The topological polar surface area (TPSA) is 79.9 Å². The van der Waals surface area contributed by atoms with Crippen molar-refractivity contribution in [2.45, 2.75) is 40.2 Å². The third kappa shape index (κ3) is 4.89. The van der Waals surface area contributed by atoms with E-state index in [1.165, 1.54) is 0 Å². The number of hydrogen-bond acceptors (Lipinski definition) is 5. The highest BCUT2D eigenvalue weighted by molar-refractivity contribution is 5.56. The lowest BCUT2D eigenvalue weighted by molar-refractivity contribution is 0.0787. The fourth-order valence-corrected chi connectivity index (χ4v) is 2.03. The Bertz CT molecular complexity index is 693. The third-order valence-electron chi connectivity index (χ3n) is 3.51. The van der Waals surface area contributed by atoms with Gasteiger partial charge < -0.3 is 15.0 Å². The minimum atomic E-state index is -0.111. The van der Waals surface area contributed by atoms with Crippen LogP contribution >= 0.6 is 0 Å². The zero-order chi connectivity index (χ0) is 16.8. The van der Waals surface area contributed by atoms with Gasteiger partial charge in [-0.25, -0.2) is 9.97 Å². The summed E-state index contributed by atoms with van der Waals surface area (Å²) in [6.07, 6.45) is 2.90. The molecule has 0 aliphatic heterocycles. The Morgan fingerprint density at radius 3 is 2.70 bits per heavy atom. The van der Waals surface area contributed by atoms with Crippen molar-refractivity contribution >= 4 is 5.82 Å². The smallest absolute Gasteiger partial charge is 0.254 e. The number of aryl methyl sites for hydroxylation is 1. The van der Waals surface area contributed by atoms with Gasteiger partial charge in [0.15, 0.2) is 0 Å². The normalized spacial score (nSPS) is 11.0. The molecule has 0 saturated heterocycles. The van der Waals surface area contributed by atoms with Crippen LogP contribution in [-0.2, 0) is 4.74 Å². The molecule has 0 saturated carbocycles. The number of pyridine rings is 1. The van der Waals surface area contributed by atoms with E-state index in [-0.39, 0.29) is 11.7 Å². The number of aromatic nitrogens is 3. The second-order valence-corrected chi connectivity index (χ2v) is 5.76. The molecule has 0 fully saturated rings. The van der Waals surface area contributed by atoms with E-state index in [2.05, 4.69) is 20.3 Å². The number of nitrogens with zero attached hydrogens (tertiary/aromatic N) is 2. The lowest BCUT2D eigenvalue weighted by Crippen LogP contribution is -2.14. The lowest BCUT2D eigenvalue weighted by atomic mass is 10.2. The van der Waals surface area contributed by atoms with Gasteiger partial charge >= 0.3 is 0 Å². The summed E-state index contributed by atoms with van der Waals surface area (Å²) in [6.45, 7) is 9.18. The molecule has 0 unspecified atom stereocenters. The van der Waals surface area contributed by atoms with Crippen LogP contribution in [0.25, 0.3) is 11.4 Å². The van der Waals surface area contributed by atoms with E-state index in [0.29, 0.717) is 11.4 Å². The van der Waals surface area contributed by atoms with Gasteiger partial charge in [-0.3, -0.25) is 4.79 Å². The maximum atomic E-state index is 11.8. The number of aromatic amines is 1. The number of hydrogen-bond donors (Lipinski definition) is 2. The van der Waals surface area contributed by atoms with Crippen LogP contribution in [0.1, 0.15) is 31.5 Å². The van der Waals surface area contributed by atoms with Crippen LogP contribution < -0.4 is 10.9 Å². The molecule has 0 aromatic carbocycles. The van der Waals surface area contributed by atoms with Crippen LogP contribution in [-0.4, -0.2) is 34.2 Å². The molecule has 0 bridgehead atoms. The van der Waals surface area contributed by atoms with Gasteiger partial charge in [0, 0.05) is 36.2 Å². The van der Waals surface area contributed by atoms with Gasteiger partial charge in [-0.05, 0) is 46.2 Å². The molecule has 2 heterocycles. The number of anilines is 1. The molecule has 23 heavy (non-hydrogen) atoms. The molecule has 6 nitrogen and oxygen atoms in total. The molecule has 2 aromatic heterocycles. The predicted molar refractivity (Wildman–Crippen MR) is 91.8 cm³/mol. The lowest BCUT2D eigenvalue weighted by Gasteiger charge is -2.09. The van der Waals surface area contributed by atoms with E-state index in [9.17, 15) is 4.79 Å². The van der Waals surface area contributed by atoms with E-state index in [1.807, 2.05) is 32.9 Å². The van der Waals surface area contributed by atoms with E-state index in [1.54, 1.807) is 13.1 Å². The van der Waals surface area contributed by atoms with Gasteiger partial charge in [0.25, 0.3) is 5.56 Å². The van der Waals surface area contributed by atoms with Gasteiger partial charge in [-0.1, -0.05) is 0 Å². The van der Waals surface area contributed by atoms with Crippen molar-refractivity contribution in [3.63, 3.8) is 0 Å². The molecular formula is C17H24N4O2. The number of rotatable bonds is 7. The average Bonchev–Trinajstić information content (AvgIpc) is 2.52. The summed E-state index contributed by atoms with van der Waals surface area (Å²) < 4.78 is 5.49. The molecule has 6 heteroatoms. The van der Waals surface area contributed by atoms with Crippen molar-refractivity contribution in [2.24, 2.45) is 0 Å². The van der Waals surface area contributed by atoms with Crippen LogP contribution in [0.4, 0.5) is 5.82 Å². The van der Waals surface area contributed by atoms with E-state index < -0.39 is 0 Å². The Kier molecular flexibility index (Phi) is 5.87. The molecule has 2 rings (SSSR count). The van der Waals surface area contributed by atoms with Crippen LogP contribution in [0.2, 0.25) is 0 Å². The number of nitrogens with one attached hydrogen (secondary N) is 2. The zero-order valence-electron chi connectivity index (χ0n) is 14.1. The van der Waals surface area contributed by atoms with Gasteiger partial charge in [0.1, 0.15) is 11.6 Å². The Morgan fingerprint density at radius 2 is 2.09 bits per heavy atom. The zero-order valence-corrected chi connectivity index (χ0v) is 14.1. The van der Waals surface area contributed by atoms with Crippen molar-refractivity contribution in [1.82, 2.24) is 15.0 Å². The first kappa shape index (κ1) is 17.1. The van der Waals surface area contributed by atoms with E-state index in [0.717, 1.165) is 36.6 Å². The Balaban J connectivity index is 1.96. The number of ether oxygens (including phenoxy) is 1. The van der Waals surface area contributed by atoms with Gasteiger partial charge in [-0.2, -0.15) is 0 Å². The molecular weight excluding hydrogens is 292 g/mol. The van der Waals surface area contributed by atoms with Crippen molar-refractivity contribution in [1.29, 1.82) is 0 Å². The van der Waals surface area contributed by atoms with Gasteiger partial charge in [0.05, 0.1) is 6.10 Å². The van der Waals surface area contributed by atoms with Crippen LogP contribution in [0.15, 0.2) is 23.1 Å². The third-order valence-corrected chi connectivity index (χ3v) is 3.51. The Morgan fingerprint density at radius 1 is 1.30 bits per heavy atom. The summed E-state index contributed by atoms with van der Waals surface area (Å²) >= 11 is 0. The molecule has 0 aliphatic carbocycles.